The molecule has 7 nitrogen and oxygen atoms in total. The van der Waals surface area contributed by atoms with Crippen molar-refractivity contribution in [2.24, 2.45) is 0 Å². The number of para-hydroxylation sites is 1. The standard InChI is InChI=1S/C23H24N2O5S/c1-29-22-12-6-5-10-20(22)16-24-23(26)18-25(17-21-11-7-14-30-21)31(27,28)15-13-19-8-3-2-4-9-19/h2-15H,16-18H2,1H3,(H,24,26). The maximum absolute atomic E-state index is 12.9. The Labute approximate surface area is 182 Å². The van der Waals surface area contributed by atoms with Gasteiger partial charge >= 0.3 is 0 Å². The maximum Gasteiger partial charge on any atom is 0.237 e. The first-order valence-electron chi connectivity index (χ1n) is 9.62. The molecule has 31 heavy (non-hydrogen) atoms. The van der Waals surface area contributed by atoms with E-state index in [2.05, 4.69) is 5.32 Å². The summed E-state index contributed by atoms with van der Waals surface area (Å²) in [5.41, 5.74) is 1.53. The number of methoxy groups -OCH3 is 1. The van der Waals surface area contributed by atoms with Gasteiger partial charge in [0.2, 0.25) is 15.9 Å². The lowest BCUT2D eigenvalue weighted by molar-refractivity contribution is -0.121. The zero-order valence-electron chi connectivity index (χ0n) is 17.1. The molecule has 1 heterocycles. The highest BCUT2D eigenvalue weighted by molar-refractivity contribution is 7.92. The Morgan fingerprint density at radius 2 is 1.81 bits per heavy atom. The minimum Gasteiger partial charge on any atom is -0.496 e. The van der Waals surface area contributed by atoms with Crippen molar-refractivity contribution in [3.8, 4) is 5.75 Å². The second kappa shape index (κ2) is 10.6. The highest BCUT2D eigenvalue weighted by Crippen LogP contribution is 2.17. The van der Waals surface area contributed by atoms with Gasteiger partial charge in [-0.05, 0) is 29.8 Å². The number of nitrogens with zero attached hydrogens (tertiary/aromatic N) is 1. The van der Waals surface area contributed by atoms with Crippen molar-refractivity contribution in [3.63, 3.8) is 0 Å². The summed E-state index contributed by atoms with van der Waals surface area (Å²) in [7, 11) is -2.33. The molecule has 162 valence electrons. The molecule has 2 aromatic carbocycles. The third kappa shape index (κ3) is 6.56. The number of carbonyl (C=O) groups excluding carboxylic acids is 1. The third-order valence-corrected chi connectivity index (χ3v) is 5.95. The molecule has 0 bridgehead atoms. The van der Waals surface area contributed by atoms with Gasteiger partial charge in [-0.25, -0.2) is 8.42 Å². The molecule has 0 saturated heterocycles. The summed E-state index contributed by atoms with van der Waals surface area (Å²) >= 11 is 0. The number of benzene rings is 2. The highest BCUT2D eigenvalue weighted by Gasteiger charge is 2.23. The van der Waals surface area contributed by atoms with Crippen molar-refractivity contribution in [2.45, 2.75) is 13.1 Å². The fraction of sp³-hybridized carbons (Fsp3) is 0.174. The number of nitrogens with one attached hydrogen (secondary N) is 1. The van der Waals surface area contributed by atoms with Gasteiger partial charge < -0.3 is 14.5 Å². The average Bonchev–Trinajstić information content (AvgIpc) is 3.30. The number of ether oxygens (including phenoxy) is 1. The molecule has 0 aliphatic rings. The van der Waals surface area contributed by atoms with E-state index in [1.54, 1.807) is 37.4 Å². The van der Waals surface area contributed by atoms with Crippen molar-refractivity contribution >= 4 is 22.0 Å². The van der Waals surface area contributed by atoms with E-state index in [1.807, 2.05) is 36.4 Å². The molecule has 0 atom stereocenters. The van der Waals surface area contributed by atoms with Crippen LogP contribution in [0.5, 0.6) is 5.75 Å². The molecule has 8 heteroatoms. The first kappa shape index (κ1) is 22.3. The minimum absolute atomic E-state index is 0.0590. The average molecular weight is 441 g/mol. The molecule has 1 aromatic heterocycles. The minimum atomic E-state index is -3.88. The van der Waals surface area contributed by atoms with Gasteiger partial charge in [-0.15, -0.1) is 0 Å². The molecule has 0 radical (unpaired) electrons. The van der Waals surface area contributed by atoms with E-state index < -0.39 is 15.9 Å². The molecule has 3 aromatic rings. The van der Waals surface area contributed by atoms with Crippen LogP contribution in [0.3, 0.4) is 0 Å². The van der Waals surface area contributed by atoms with Crippen molar-refractivity contribution in [3.05, 3.63) is 95.3 Å². The second-order valence-corrected chi connectivity index (χ2v) is 8.51. The molecule has 0 aliphatic heterocycles. The molecule has 0 saturated carbocycles. The quantitative estimate of drug-likeness (QED) is 0.522. The van der Waals surface area contributed by atoms with Crippen LogP contribution in [0.4, 0.5) is 0 Å². The number of sulfonamides is 1. The largest absolute Gasteiger partial charge is 0.496 e. The van der Waals surface area contributed by atoms with Crippen LogP contribution in [0, 0.1) is 0 Å². The zero-order valence-corrected chi connectivity index (χ0v) is 17.9. The SMILES string of the molecule is COc1ccccc1CNC(=O)CN(Cc1ccco1)S(=O)(=O)C=Cc1ccccc1. The van der Waals surface area contributed by atoms with Crippen LogP contribution in [-0.2, 0) is 27.9 Å². The van der Waals surface area contributed by atoms with Crippen LogP contribution in [0.1, 0.15) is 16.9 Å². The van der Waals surface area contributed by atoms with Gasteiger partial charge in [0.05, 0.1) is 26.5 Å². The molecular weight excluding hydrogens is 416 g/mol. The first-order valence-corrected chi connectivity index (χ1v) is 11.1. The van der Waals surface area contributed by atoms with Gasteiger partial charge in [0.1, 0.15) is 11.5 Å². The smallest absolute Gasteiger partial charge is 0.237 e. The fourth-order valence-electron chi connectivity index (χ4n) is 2.89. The van der Waals surface area contributed by atoms with E-state index in [0.717, 1.165) is 20.8 Å². The van der Waals surface area contributed by atoms with E-state index in [9.17, 15) is 13.2 Å². The van der Waals surface area contributed by atoms with E-state index >= 15 is 0 Å². The number of furan rings is 1. The lowest BCUT2D eigenvalue weighted by atomic mass is 10.2. The summed E-state index contributed by atoms with van der Waals surface area (Å²) in [4.78, 5) is 12.6. The highest BCUT2D eigenvalue weighted by atomic mass is 32.2. The van der Waals surface area contributed by atoms with E-state index in [0.29, 0.717) is 11.5 Å². The molecule has 0 unspecified atom stereocenters. The van der Waals surface area contributed by atoms with Gasteiger partial charge in [-0.1, -0.05) is 48.5 Å². The second-order valence-electron chi connectivity index (χ2n) is 6.69. The molecule has 1 amide bonds. The zero-order chi connectivity index (χ0) is 22.1. The van der Waals surface area contributed by atoms with Crippen molar-refractivity contribution in [1.29, 1.82) is 0 Å². The number of hydrogen-bond acceptors (Lipinski definition) is 5. The molecule has 0 spiro atoms. The first-order chi connectivity index (χ1) is 15.0. The van der Waals surface area contributed by atoms with Crippen LogP contribution < -0.4 is 10.1 Å². The van der Waals surface area contributed by atoms with Gasteiger partial charge in [-0.2, -0.15) is 4.31 Å². The summed E-state index contributed by atoms with van der Waals surface area (Å²) in [6.45, 7) is -0.189. The van der Waals surface area contributed by atoms with Crippen molar-refractivity contribution < 1.29 is 22.4 Å². The van der Waals surface area contributed by atoms with Gasteiger partial charge in [0.15, 0.2) is 0 Å². The fourth-order valence-corrected chi connectivity index (χ4v) is 3.99. The van der Waals surface area contributed by atoms with Gasteiger partial charge in [-0.3, -0.25) is 4.79 Å². The summed E-state index contributed by atoms with van der Waals surface area (Å²) in [5.74, 6) is 0.650. The Hall–Kier alpha value is -3.36. The van der Waals surface area contributed by atoms with Crippen molar-refractivity contribution in [1.82, 2.24) is 9.62 Å². The Kier molecular flexibility index (Phi) is 7.64. The van der Waals surface area contributed by atoms with E-state index in [-0.39, 0.29) is 19.6 Å². The molecule has 0 aliphatic carbocycles. The maximum atomic E-state index is 12.9. The summed E-state index contributed by atoms with van der Waals surface area (Å²) in [6, 6.07) is 19.7. The van der Waals surface area contributed by atoms with Crippen LogP contribution in [-0.4, -0.2) is 32.3 Å². The normalized spacial score (nSPS) is 11.7. The van der Waals surface area contributed by atoms with Crippen LogP contribution in [0.2, 0.25) is 0 Å². The molecule has 3 rings (SSSR count). The van der Waals surface area contributed by atoms with Crippen LogP contribution in [0.15, 0.2) is 82.8 Å². The van der Waals surface area contributed by atoms with Gasteiger partial charge in [0, 0.05) is 17.5 Å². The van der Waals surface area contributed by atoms with Crippen LogP contribution >= 0.6 is 0 Å². The van der Waals surface area contributed by atoms with E-state index in [4.69, 9.17) is 9.15 Å². The Morgan fingerprint density at radius 3 is 2.52 bits per heavy atom. The number of hydrogen-bond donors (Lipinski definition) is 1. The molecule has 1 N–H and O–H groups in total. The Morgan fingerprint density at radius 1 is 1.06 bits per heavy atom. The number of carbonyl (C=O) groups is 1. The lowest BCUT2D eigenvalue weighted by Gasteiger charge is -2.19. The topological polar surface area (TPSA) is 88.8 Å². The Balaban J connectivity index is 1.72. The lowest BCUT2D eigenvalue weighted by Crippen LogP contribution is -2.39. The predicted molar refractivity (Wildman–Crippen MR) is 118 cm³/mol. The predicted octanol–water partition coefficient (Wildman–Crippen LogP) is 3.41. The summed E-state index contributed by atoms with van der Waals surface area (Å²) in [5, 5.41) is 3.85. The summed E-state index contributed by atoms with van der Waals surface area (Å²) in [6.07, 6.45) is 2.96. The Bertz CT molecular complexity index is 1110. The van der Waals surface area contributed by atoms with Crippen LogP contribution in [0.25, 0.3) is 6.08 Å². The number of rotatable bonds is 10. The molecular formula is C23H24N2O5S. The molecule has 0 fully saturated rings. The van der Waals surface area contributed by atoms with E-state index in [1.165, 1.54) is 12.3 Å². The third-order valence-electron chi connectivity index (χ3n) is 4.49. The van der Waals surface area contributed by atoms with Crippen molar-refractivity contribution in [2.75, 3.05) is 13.7 Å². The number of amides is 1. The van der Waals surface area contributed by atoms with Gasteiger partial charge in [0.25, 0.3) is 0 Å². The summed E-state index contributed by atoms with van der Waals surface area (Å²) < 4.78 is 37.5. The monoisotopic (exact) mass is 440 g/mol.